The van der Waals surface area contributed by atoms with Gasteiger partial charge >= 0.3 is 5.97 Å². The van der Waals surface area contributed by atoms with Gasteiger partial charge in [-0.05, 0) is 34.1 Å². The average molecular weight is 335 g/mol. The third-order valence-electron chi connectivity index (χ3n) is 3.20. The Bertz CT molecular complexity index is 834. The fourth-order valence-corrected chi connectivity index (χ4v) is 2.78. The molecule has 0 fully saturated rings. The summed E-state index contributed by atoms with van der Waals surface area (Å²) < 4.78 is 4.11. The Morgan fingerprint density at radius 1 is 1.20 bits per heavy atom. The molecule has 102 valence electrons. The van der Waals surface area contributed by atoms with Crippen molar-refractivity contribution in [1.29, 1.82) is 0 Å². The van der Waals surface area contributed by atoms with E-state index in [9.17, 15) is 4.79 Å². The van der Waals surface area contributed by atoms with Gasteiger partial charge in [0.25, 0.3) is 0 Å². The molecule has 0 aliphatic heterocycles. The molecule has 0 bridgehead atoms. The molecule has 0 atom stereocenters. The van der Waals surface area contributed by atoms with Crippen molar-refractivity contribution in [3.8, 4) is 11.3 Å². The van der Waals surface area contributed by atoms with E-state index < -0.39 is 5.97 Å². The van der Waals surface area contributed by atoms with Crippen molar-refractivity contribution < 1.29 is 9.90 Å². The zero-order valence-electron chi connectivity index (χ0n) is 10.8. The zero-order chi connectivity index (χ0) is 14.4. The summed E-state index contributed by atoms with van der Waals surface area (Å²) in [5.74, 6) is -1.03. The number of aryl methyl sites for hydroxylation is 2. The first kappa shape index (κ1) is 12.9. The Hall–Kier alpha value is -2.15. The van der Waals surface area contributed by atoms with E-state index >= 15 is 0 Å². The van der Waals surface area contributed by atoms with Crippen LogP contribution in [-0.4, -0.2) is 30.6 Å². The van der Waals surface area contributed by atoms with Crippen molar-refractivity contribution >= 4 is 32.8 Å². The van der Waals surface area contributed by atoms with E-state index in [1.165, 1.54) is 0 Å². The van der Waals surface area contributed by atoms with Gasteiger partial charge in [0.2, 0.25) is 0 Å². The predicted molar refractivity (Wildman–Crippen MR) is 77.6 cm³/mol. The lowest BCUT2D eigenvalue weighted by molar-refractivity contribution is 0.0689. The maximum absolute atomic E-state index is 11.0. The number of halogens is 1. The monoisotopic (exact) mass is 334 g/mol. The molecule has 7 heteroatoms. The number of aromatic carboxylic acids is 1. The van der Waals surface area contributed by atoms with Crippen LogP contribution in [0.25, 0.3) is 22.2 Å². The number of carboxylic acid groups (broad SMARTS) is 1. The van der Waals surface area contributed by atoms with Crippen LogP contribution in [0.1, 0.15) is 10.5 Å². The van der Waals surface area contributed by atoms with Gasteiger partial charge in [-0.3, -0.25) is 9.36 Å². The summed E-state index contributed by atoms with van der Waals surface area (Å²) in [7, 11) is 3.60. The second-order valence-corrected chi connectivity index (χ2v) is 5.24. The van der Waals surface area contributed by atoms with Crippen molar-refractivity contribution in [3.63, 3.8) is 0 Å². The molecule has 0 saturated heterocycles. The van der Waals surface area contributed by atoms with Crippen LogP contribution < -0.4 is 0 Å². The number of hydrogen-bond acceptors (Lipinski definition) is 3. The Morgan fingerprint density at radius 3 is 2.60 bits per heavy atom. The van der Waals surface area contributed by atoms with Crippen LogP contribution in [0.4, 0.5) is 0 Å². The van der Waals surface area contributed by atoms with Crippen LogP contribution in [0.2, 0.25) is 0 Å². The van der Waals surface area contributed by atoms with Gasteiger partial charge in [-0.2, -0.15) is 10.2 Å². The highest BCUT2D eigenvalue weighted by atomic mass is 79.9. The maximum Gasteiger partial charge on any atom is 0.356 e. The standard InChI is InChI=1S/C13H11BrN4O2/c1-17-10-4-3-7(5-8(10)12(14)16-17)11-6-9(13(19)20)15-18(11)2/h3-6H,1-2H3,(H,19,20). The van der Waals surface area contributed by atoms with Gasteiger partial charge in [-0.15, -0.1) is 0 Å². The summed E-state index contributed by atoms with van der Waals surface area (Å²) in [4.78, 5) is 11.0. The Balaban J connectivity index is 2.19. The third-order valence-corrected chi connectivity index (χ3v) is 3.79. The van der Waals surface area contributed by atoms with Gasteiger partial charge < -0.3 is 5.11 Å². The molecule has 0 radical (unpaired) electrons. The number of benzene rings is 1. The van der Waals surface area contributed by atoms with E-state index in [1.807, 2.05) is 25.2 Å². The van der Waals surface area contributed by atoms with Crippen LogP contribution in [0.15, 0.2) is 28.9 Å². The number of nitrogens with zero attached hydrogens (tertiary/aromatic N) is 4. The number of fused-ring (bicyclic) bond motifs is 1. The number of rotatable bonds is 2. The van der Waals surface area contributed by atoms with E-state index in [1.54, 1.807) is 22.5 Å². The van der Waals surface area contributed by atoms with E-state index in [0.29, 0.717) is 0 Å². The molecule has 0 saturated carbocycles. The summed E-state index contributed by atoms with van der Waals surface area (Å²) in [6.45, 7) is 0. The lowest BCUT2D eigenvalue weighted by Crippen LogP contribution is -1.99. The van der Waals surface area contributed by atoms with Crippen LogP contribution in [0, 0.1) is 0 Å². The second kappa shape index (κ2) is 4.45. The second-order valence-electron chi connectivity index (χ2n) is 4.49. The molecular weight excluding hydrogens is 324 g/mol. The number of carbonyl (C=O) groups is 1. The van der Waals surface area contributed by atoms with E-state index in [2.05, 4.69) is 26.1 Å². The van der Waals surface area contributed by atoms with Crippen molar-refractivity contribution in [1.82, 2.24) is 19.6 Å². The third kappa shape index (κ3) is 1.90. The first-order valence-corrected chi connectivity index (χ1v) is 6.66. The summed E-state index contributed by atoms with van der Waals surface area (Å²) >= 11 is 3.42. The average Bonchev–Trinajstić information content (AvgIpc) is 2.91. The lowest BCUT2D eigenvalue weighted by atomic mass is 10.1. The first-order valence-electron chi connectivity index (χ1n) is 5.87. The van der Waals surface area contributed by atoms with Crippen LogP contribution in [-0.2, 0) is 14.1 Å². The number of aromatic nitrogens is 4. The quantitative estimate of drug-likeness (QED) is 0.781. The molecule has 0 unspecified atom stereocenters. The normalized spacial score (nSPS) is 11.2. The molecule has 3 rings (SSSR count). The van der Waals surface area contributed by atoms with Crippen molar-refractivity contribution in [2.24, 2.45) is 14.1 Å². The summed E-state index contributed by atoms with van der Waals surface area (Å²) in [5, 5.41) is 18.2. The maximum atomic E-state index is 11.0. The van der Waals surface area contributed by atoms with Crippen LogP contribution >= 0.6 is 15.9 Å². The highest BCUT2D eigenvalue weighted by Crippen LogP contribution is 2.28. The van der Waals surface area contributed by atoms with Gasteiger partial charge in [0.15, 0.2) is 5.69 Å². The molecule has 0 aliphatic rings. The highest BCUT2D eigenvalue weighted by molar-refractivity contribution is 9.10. The van der Waals surface area contributed by atoms with Gasteiger partial charge in [0.1, 0.15) is 4.60 Å². The summed E-state index contributed by atoms with van der Waals surface area (Å²) in [6, 6.07) is 7.41. The lowest BCUT2D eigenvalue weighted by Gasteiger charge is -2.02. The molecule has 1 N–H and O–H groups in total. The van der Waals surface area contributed by atoms with Gasteiger partial charge in [-0.25, -0.2) is 4.79 Å². The minimum atomic E-state index is -1.03. The molecule has 0 aliphatic carbocycles. The molecule has 0 spiro atoms. The fraction of sp³-hybridized carbons (Fsp3) is 0.154. The predicted octanol–water partition coefficient (Wildman–Crippen LogP) is 2.43. The molecular formula is C13H11BrN4O2. The van der Waals surface area contributed by atoms with Gasteiger partial charge in [-0.1, -0.05) is 6.07 Å². The minimum absolute atomic E-state index is 0.0350. The van der Waals surface area contributed by atoms with Crippen LogP contribution in [0.5, 0.6) is 0 Å². The molecule has 3 aromatic rings. The van der Waals surface area contributed by atoms with E-state index in [0.717, 1.165) is 26.8 Å². The largest absolute Gasteiger partial charge is 0.476 e. The van der Waals surface area contributed by atoms with E-state index in [4.69, 9.17) is 5.11 Å². The summed E-state index contributed by atoms with van der Waals surface area (Å²) in [5.41, 5.74) is 2.68. The smallest absolute Gasteiger partial charge is 0.356 e. The Morgan fingerprint density at radius 2 is 1.95 bits per heavy atom. The van der Waals surface area contributed by atoms with Gasteiger partial charge in [0, 0.05) is 25.0 Å². The molecule has 0 amide bonds. The molecule has 6 nitrogen and oxygen atoms in total. The Labute approximate surface area is 122 Å². The Kier molecular flexibility index (Phi) is 2.86. The zero-order valence-corrected chi connectivity index (χ0v) is 12.4. The number of carboxylic acids is 1. The van der Waals surface area contributed by atoms with Crippen molar-refractivity contribution in [2.45, 2.75) is 0 Å². The summed E-state index contributed by atoms with van der Waals surface area (Å²) in [6.07, 6.45) is 0. The molecule has 2 aromatic heterocycles. The van der Waals surface area contributed by atoms with Crippen LogP contribution in [0.3, 0.4) is 0 Å². The molecule has 20 heavy (non-hydrogen) atoms. The SMILES string of the molecule is Cn1nc(C(=O)O)cc1-c1ccc2c(c1)c(Br)nn2C. The minimum Gasteiger partial charge on any atom is -0.476 e. The van der Waals surface area contributed by atoms with Crippen molar-refractivity contribution in [3.05, 3.63) is 34.6 Å². The van der Waals surface area contributed by atoms with Gasteiger partial charge in [0.05, 0.1) is 11.2 Å². The number of hydrogen-bond donors (Lipinski definition) is 1. The first-order chi connectivity index (χ1) is 9.47. The highest BCUT2D eigenvalue weighted by Gasteiger charge is 2.14. The van der Waals surface area contributed by atoms with Crippen molar-refractivity contribution in [2.75, 3.05) is 0 Å². The fourth-order valence-electron chi connectivity index (χ4n) is 2.22. The van der Waals surface area contributed by atoms with E-state index in [-0.39, 0.29) is 5.69 Å². The molecule has 1 aromatic carbocycles. The topological polar surface area (TPSA) is 72.9 Å². The molecule has 2 heterocycles.